The van der Waals surface area contributed by atoms with Gasteiger partial charge in [0, 0.05) is 6.07 Å². The van der Waals surface area contributed by atoms with E-state index in [2.05, 4.69) is 0 Å². The second-order valence-corrected chi connectivity index (χ2v) is 8.35. The zero-order chi connectivity index (χ0) is 20.9. The molecule has 0 unspecified atom stereocenters. The lowest BCUT2D eigenvalue weighted by Crippen LogP contribution is -2.29. The van der Waals surface area contributed by atoms with Crippen LogP contribution < -0.4 is 9.04 Å². The summed E-state index contributed by atoms with van der Waals surface area (Å²) >= 11 is 0. The van der Waals surface area contributed by atoms with Crippen molar-refractivity contribution in [3.05, 3.63) is 100 Å². The molecule has 7 nitrogen and oxygen atoms in total. The van der Waals surface area contributed by atoms with Crippen LogP contribution in [0.2, 0.25) is 0 Å². The fraction of sp³-hybridized carbons (Fsp3) is 0.143. The minimum absolute atomic E-state index is 0.0825. The number of nitro groups is 1. The molecule has 0 radical (unpaired) electrons. The molecule has 3 aromatic rings. The Balaban J connectivity index is 2.00. The first-order chi connectivity index (χ1) is 13.8. The summed E-state index contributed by atoms with van der Waals surface area (Å²) in [5.41, 5.74) is 1.71. The molecule has 0 atom stereocenters. The normalized spacial score (nSPS) is 11.1. The maximum atomic E-state index is 12.5. The quantitative estimate of drug-likeness (QED) is 0.410. The number of anilines is 1. The maximum absolute atomic E-state index is 12.5. The Hall–Kier alpha value is -3.39. The average Bonchev–Trinajstić information content (AvgIpc) is 2.71. The zero-order valence-corrected chi connectivity index (χ0v) is 16.6. The summed E-state index contributed by atoms with van der Waals surface area (Å²) in [6, 6.07) is 22.3. The first-order valence-corrected chi connectivity index (χ1v) is 10.7. The number of non-ortho nitro benzene ring substituents is 1. The molecule has 150 valence electrons. The van der Waals surface area contributed by atoms with Crippen LogP contribution in [0.3, 0.4) is 0 Å². The topological polar surface area (TPSA) is 89.8 Å². The van der Waals surface area contributed by atoms with Gasteiger partial charge in [-0.1, -0.05) is 60.7 Å². The molecule has 0 aliphatic carbocycles. The van der Waals surface area contributed by atoms with Gasteiger partial charge in [-0.05, 0) is 17.2 Å². The van der Waals surface area contributed by atoms with E-state index in [9.17, 15) is 18.5 Å². The number of sulfonamides is 1. The standard InChI is InChI=1S/C21H20N2O5S/c1-29(26,27)22(15-17-8-4-2-5-9-17)20-13-12-19(23(24)25)14-21(20)28-16-18-10-6-3-7-11-18/h2-14H,15-16H2,1H3. The van der Waals surface area contributed by atoms with Crippen LogP contribution in [0.4, 0.5) is 11.4 Å². The summed E-state index contributed by atoms with van der Waals surface area (Å²) in [7, 11) is -3.67. The Kier molecular flexibility index (Phi) is 6.13. The van der Waals surface area contributed by atoms with Gasteiger partial charge in [-0.25, -0.2) is 8.42 Å². The minimum Gasteiger partial charge on any atom is -0.486 e. The number of ether oxygens (including phenoxy) is 1. The molecule has 0 N–H and O–H groups in total. The molecule has 0 fully saturated rings. The van der Waals surface area contributed by atoms with Gasteiger partial charge < -0.3 is 4.74 Å². The molecule has 0 saturated carbocycles. The lowest BCUT2D eigenvalue weighted by molar-refractivity contribution is -0.384. The van der Waals surface area contributed by atoms with Gasteiger partial charge in [0.05, 0.1) is 29.5 Å². The number of nitrogens with zero attached hydrogens (tertiary/aromatic N) is 2. The molecule has 0 aromatic heterocycles. The average molecular weight is 412 g/mol. The highest BCUT2D eigenvalue weighted by molar-refractivity contribution is 7.92. The fourth-order valence-electron chi connectivity index (χ4n) is 2.80. The highest BCUT2D eigenvalue weighted by atomic mass is 32.2. The Labute approximate surface area is 169 Å². The lowest BCUT2D eigenvalue weighted by Gasteiger charge is -2.25. The van der Waals surface area contributed by atoms with E-state index in [4.69, 9.17) is 4.74 Å². The van der Waals surface area contributed by atoms with Crippen LogP contribution in [0.15, 0.2) is 78.9 Å². The van der Waals surface area contributed by atoms with Crippen molar-refractivity contribution in [3.8, 4) is 5.75 Å². The number of rotatable bonds is 8. The van der Waals surface area contributed by atoms with E-state index >= 15 is 0 Å². The fourth-order valence-corrected chi connectivity index (χ4v) is 3.70. The summed E-state index contributed by atoms with van der Waals surface area (Å²) in [5.74, 6) is 0.129. The molecule has 0 amide bonds. The van der Waals surface area contributed by atoms with Crippen molar-refractivity contribution in [2.45, 2.75) is 13.2 Å². The molecular formula is C21H20N2O5S. The van der Waals surface area contributed by atoms with Gasteiger partial charge in [-0.3, -0.25) is 14.4 Å². The highest BCUT2D eigenvalue weighted by Crippen LogP contribution is 2.35. The highest BCUT2D eigenvalue weighted by Gasteiger charge is 2.24. The third-order valence-corrected chi connectivity index (χ3v) is 5.36. The summed E-state index contributed by atoms with van der Waals surface area (Å²) in [5, 5.41) is 11.2. The van der Waals surface area contributed by atoms with E-state index in [1.165, 1.54) is 22.5 Å². The second kappa shape index (κ2) is 8.74. The second-order valence-electron chi connectivity index (χ2n) is 6.44. The smallest absolute Gasteiger partial charge is 0.273 e. The third kappa shape index (κ3) is 5.32. The van der Waals surface area contributed by atoms with Crippen molar-refractivity contribution in [1.82, 2.24) is 0 Å². The molecule has 0 heterocycles. The SMILES string of the molecule is CS(=O)(=O)N(Cc1ccccc1)c1ccc([N+](=O)[O-])cc1OCc1ccccc1. The molecule has 29 heavy (non-hydrogen) atoms. The van der Waals surface area contributed by atoms with E-state index in [0.29, 0.717) is 0 Å². The van der Waals surface area contributed by atoms with Gasteiger partial charge in [0.25, 0.3) is 5.69 Å². The van der Waals surface area contributed by atoms with Crippen LogP contribution in [-0.2, 0) is 23.2 Å². The first-order valence-electron chi connectivity index (χ1n) is 8.81. The summed E-state index contributed by atoms with van der Waals surface area (Å²) in [6.45, 7) is 0.233. The molecule has 0 spiro atoms. The van der Waals surface area contributed by atoms with Crippen molar-refractivity contribution >= 4 is 21.4 Å². The third-order valence-electron chi connectivity index (χ3n) is 4.23. The summed E-state index contributed by atoms with van der Waals surface area (Å²) in [6.07, 6.45) is 1.10. The van der Waals surface area contributed by atoms with Gasteiger partial charge in [0.1, 0.15) is 6.61 Å². The van der Waals surface area contributed by atoms with E-state index in [1.807, 2.05) is 60.7 Å². The van der Waals surface area contributed by atoms with Crippen LogP contribution in [-0.4, -0.2) is 19.6 Å². The van der Waals surface area contributed by atoms with E-state index in [0.717, 1.165) is 17.4 Å². The van der Waals surface area contributed by atoms with Crippen LogP contribution >= 0.6 is 0 Å². The predicted octanol–water partition coefficient (Wildman–Crippen LogP) is 4.14. The molecule has 0 saturated heterocycles. The molecule has 3 aromatic carbocycles. The Morgan fingerprint density at radius 1 is 0.931 bits per heavy atom. The monoisotopic (exact) mass is 412 g/mol. The van der Waals surface area contributed by atoms with E-state index in [1.54, 1.807) is 0 Å². The number of nitro benzene ring substituents is 1. The molecular weight excluding hydrogens is 392 g/mol. The van der Waals surface area contributed by atoms with E-state index < -0.39 is 14.9 Å². The molecule has 8 heteroatoms. The number of benzene rings is 3. The summed E-state index contributed by atoms with van der Waals surface area (Å²) in [4.78, 5) is 10.7. The van der Waals surface area contributed by atoms with Crippen molar-refractivity contribution in [1.29, 1.82) is 0 Å². The molecule has 3 rings (SSSR count). The van der Waals surface area contributed by atoms with E-state index in [-0.39, 0.29) is 30.3 Å². The van der Waals surface area contributed by atoms with Crippen molar-refractivity contribution in [2.75, 3.05) is 10.6 Å². The first kappa shape index (κ1) is 20.3. The lowest BCUT2D eigenvalue weighted by atomic mass is 10.2. The van der Waals surface area contributed by atoms with Gasteiger partial charge >= 0.3 is 0 Å². The van der Waals surface area contributed by atoms with Gasteiger partial charge in [-0.2, -0.15) is 0 Å². The van der Waals surface area contributed by atoms with Crippen LogP contribution in [0.25, 0.3) is 0 Å². The van der Waals surface area contributed by atoms with Crippen LogP contribution in [0.5, 0.6) is 5.75 Å². The number of hydrogen-bond acceptors (Lipinski definition) is 5. The number of hydrogen-bond donors (Lipinski definition) is 0. The molecule has 0 aliphatic heterocycles. The minimum atomic E-state index is -3.67. The van der Waals surface area contributed by atoms with Gasteiger partial charge in [0.2, 0.25) is 10.0 Å². The predicted molar refractivity (Wildman–Crippen MR) is 111 cm³/mol. The Morgan fingerprint density at radius 2 is 1.52 bits per heavy atom. The molecule has 0 bridgehead atoms. The largest absolute Gasteiger partial charge is 0.486 e. The van der Waals surface area contributed by atoms with Crippen molar-refractivity contribution in [2.24, 2.45) is 0 Å². The van der Waals surface area contributed by atoms with Crippen LogP contribution in [0, 0.1) is 10.1 Å². The Bertz CT molecular complexity index is 1090. The molecule has 0 aliphatic rings. The van der Waals surface area contributed by atoms with Gasteiger partial charge in [0.15, 0.2) is 5.75 Å². The van der Waals surface area contributed by atoms with Crippen molar-refractivity contribution in [3.63, 3.8) is 0 Å². The summed E-state index contributed by atoms with van der Waals surface area (Å²) < 4.78 is 32.0. The maximum Gasteiger partial charge on any atom is 0.273 e. The zero-order valence-electron chi connectivity index (χ0n) is 15.8. The van der Waals surface area contributed by atoms with Gasteiger partial charge in [-0.15, -0.1) is 0 Å². The van der Waals surface area contributed by atoms with Crippen molar-refractivity contribution < 1.29 is 18.1 Å². The Morgan fingerprint density at radius 3 is 2.07 bits per heavy atom. The van der Waals surface area contributed by atoms with Crippen LogP contribution in [0.1, 0.15) is 11.1 Å².